The molecule has 25 heavy (non-hydrogen) atoms. The number of aliphatic carboxylic acids is 1. The lowest BCUT2D eigenvalue weighted by molar-refractivity contribution is -0.137. The molecule has 0 bridgehead atoms. The van der Waals surface area contributed by atoms with E-state index in [-0.39, 0.29) is 6.42 Å². The second-order valence-corrected chi connectivity index (χ2v) is 6.52. The van der Waals surface area contributed by atoms with E-state index in [1.54, 1.807) is 0 Å². The summed E-state index contributed by atoms with van der Waals surface area (Å²) in [5.74, 6) is -0.778. The molecule has 150 valence electrons. The van der Waals surface area contributed by atoms with Gasteiger partial charge in [-0.25, -0.2) is 0 Å². The van der Waals surface area contributed by atoms with Crippen molar-refractivity contribution < 1.29 is 24.1 Å². The van der Waals surface area contributed by atoms with E-state index in [1.165, 1.54) is 57.8 Å². The first-order chi connectivity index (χ1) is 12.3. The van der Waals surface area contributed by atoms with Gasteiger partial charge in [-0.3, -0.25) is 4.79 Å². The highest BCUT2D eigenvalue weighted by atomic mass is 16.5. The minimum absolute atomic E-state index is 0.160. The van der Waals surface area contributed by atoms with Crippen LogP contribution < -0.4 is 0 Å². The van der Waals surface area contributed by atoms with Crippen LogP contribution in [0.2, 0.25) is 0 Å². The molecule has 0 rings (SSSR count). The normalized spacial score (nSPS) is 11.1. The van der Waals surface area contributed by atoms with Gasteiger partial charge < -0.3 is 19.3 Å². The van der Waals surface area contributed by atoms with E-state index < -0.39 is 5.97 Å². The van der Waals surface area contributed by atoms with Gasteiger partial charge in [-0.2, -0.15) is 0 Å². The quantitative estimate of drug-likeness (QED) is 0.297. The standard InChI is InChI=1S/C20H40O5/c1-2-3-4-5-6-7-8-9-10-11-14-23-16-18-25-19-17-24-15-12-13-20(21)22/h2-19H2,1H3,(H,21,22). The second-order valence-electron chi connectivity index (χ2n) is 6.52. The van der Waals surface area contributed by atoms with Gasteiger partial charge in [-0.1, -0.05) is 64.7 Å². The molecule has 5 heteroatoms. The van der Waals surface area contributed by atoms with Gasteiger partial charge in [0, 0.05) is 19.6 Å². The van der Waals surface area contributed by atoms with Gasteiger partial charge >= 0.3 is 5.97 Å². The summed E-state index contributed by atoms with van der Waals surface area (Å²) in [5.41, 5.74) is 0. The average Bonchev–Trinajstić information content (AvgIpc) is 2.60. The smallest absolute Gasteiger partial charge is 0.303 e. The number of hydrogen-bond donors (Lipinski definition) is 1. The Bertz CT molecular complexity index is 271. The Hall–Kier alpha value is -0.650. The molecule has 0 aliphatic carbocycles. The molecule has 0 radical (unpaired) electrons. The zero-order valence-corrected chi connectivity index (χ0v) is 16.3. The zero-order valence-electron chi connectivity index (χ0n) is 16.3. The molecule has 0 amide bonds. The number of carbonyl (C=O) groups is 1. The van der Waals surface area contributed by atoms with Crippen molar-refractivity contribution in [1.82, 2.24) is 0 Å². The van der Waals surface area contributed by atoms with E-state index >= 15 is 0 Å². The lowest BCUT2D eigenvalue weighted by Crippen LogP contribution is -2.10. The van der Waals surface area contributed by atoms with Crippen LogP contribution in [0, 0.1) is 0 Å². The number of carboxylic acid groups (broad SMARTS) is 1. The number of carboxylic acids is 1. The Morgan fingerprint density at radius 1 is 0.600 bits per heavy atom. The Balaban J connectivity index is 2.97. The maximum Gasteiger partial charge on any atom is 0.303 e. The maximum atomic E-state index is 10.3. The first-order valence-corrected chi connectivity index (χ1v) is 10.2. The van der Waals surface area contributed by atoms with Crippen molar-refractivity contribution in [2.24, 2.45) is 0 Å². The molecule has 0 fully saturated rings. The Morgan fingerprint density at radius 3 is 1.48 bits per heavy atom. The molecule has 0 aliphatic heterocycles. The first-order valence-electron chi connectivity index (χ1n) is 10.2. The molecule has 5 nitrogen and oxygen atoms in total. The van der Waals surface area contributed by atoms with Gasteiger partial charge in [0.05, 0.1) is 26.4 Å². The van der Waals surface area contributed by atoms with E-state index in [0.717, 1.165) is 13.0 Å². The summed E-state index contributed by atoms with van der Waals surface area (Å²) < 4.78 is 16.2. The highest BCUT2D eigenvalue weighted by molar-refractivity contribution is 5.66. The van der Waals surface area contributed by atoms with Crippen molar-refractivity contribution in [3.63, 3.8) is 0 Å². The van der Waals surface area contributed by atoms with Crippen LogP contribution in [-0.4, -0.2) is 50.7 Å². The van der Waals surface area contributed by atoms with E-state index in [0.29, 0.717) is 39.5 Å². The number of ether oxygens (including phenoxy) is 3. The lowest BCUT2D eigenvalue weighted by atomic mass is 10.1. The predicted molar refractivity (Wildman–Crippen MR) is 101 cm³/mol. The summed E-state index contributed by atoms with van der Waals surface area (Å²) in [6.45, 7) is 5.84. The largest absolute Gasteiger partial charge is 0.481 e. The molecule has 0 aromatic heterocycles. The van der Waals surface area contributed by atoms with Crippen LogP contribution in [0.25, 0.3) is 0 Å². The van der Waals surface area contributed by atoms with Gasteiger partial charge in [-0.15, -0.1) is 0 Å². The van der Waals surface area contributed by atoms with Crippen molar-refractivity contribution in [1.29, 1.82) is 0 Å². The minimum Gasteiger partial charge on any atom is -0.481 e. The van der Waals surface area contributed by atoms with E-state index in [9.17, 15) is 4.79 Å². The molecule has 0 aromatic carbocycles. The summed E-state index contributed by atoms with van der Waals surface area (Å²) >= 11 is 0. The molecule has 0 saturated heterocycles. The number of unbranched alkanes of at least 4 members (excludes halogenated alkanes) is 9. The van der Waals surface area contributed by atoms with E-state index in [2.05, 4.69) is 6.92 Å². The fourth-order valence-corrected chi connectivity index (χ4v) is 2.56. The predicted octanol–water partition coefficient (Wildman–Crippen LogP) is 4.82. The number of rotatable bonds is 21. The van der Waals surface area contributed by atoms with Gasteiger partial charge in [0.1, 0.15) is 0 Å². The third-order valence-corrected chi connectivity index (χ3v) is 4.07. The molecular weight excluding hydrogens is 320 g/mol. The van der Waals surface area contributed by atoms with Crippen LogP contribution >= 0.6 is 0 Å². The topological polar surface area (TPSA) is 65.0 Å². The van der Waals surface area contributed by atoms with Crippen LogP contribution in [0.1, 0.15) is 84.0 Å². The Labute approximate surface area is 154 Å². The maximum absolute atomic E-state index is 10.3. The molecule has 0 atom stereocenters. The van der Waals surface area contributed by atoms with Gasteiger partial charge in [0.15, 0.2) is 0 Å². The summed E-state index contributed by atoms with van der Waals surface area (Å²) in [6.07, 6.45) is 14.1. The fourth-order valence-electron chi connectivity index (χ4n) is 2.56. The van der Waals surface area contributed by atoms with Crippen LogP contribution in [0.4, 0.5) is 0 Å². The van der Waals surface area contributed by atoms with Crippen LogP contribution in [0.5, 0.6) is 0 Å². The average molecular weight is 361 g/mol. The molecular formula is C20H40O5. The zero-order chi connectivity index (χ0) is 18.4. The second kappa shape index (κ2) is 21.4. The minimum atomic E-state index is -0.778. The third-order valence-electron chi connectivity index (χ3n) is 4.07. The van der Waals surface area contributed by atoms with Gasteiger partial charge in [-0.05, 0) is 12.8 Å². The van der Waals surface area contributed by atoms with Crippen molar-refractivity contribution in [3.8, 4) is 0 Å². The summed E-state index contributed by atoms with van der Waals surface area (Å²) in [6, 6.07) is 0. The fraction of sp³-hybridized carbons (Fsp3) is 0.950. The summed E-state index contributed by atoms with van der Waals surface area (Å²) in [5, 5.41) is 8.47. The molecule has 0 heterocycles. The van der Waals surface area contributed by atoms with Crippen LogP contribution in [0.3, 0.4) is 0 Å². The van der Waals surface area contributed by atoms with Crippen molar-refractivity contribution in [2.45, 2.75) is 84.0 Å². The Kier molecular flexibility index (Phi) is 20.8. The molecule has 0 aliphatic rings. The molecule has 0 saturated carbocycles. The highest BCUT2D eigenvalue weighted by Gasteiger charge is 1.97. The number of hydrogen-bond acceptors (Lipinski definition) is 4. The van der Waals surface area contributed by atoms with Gasteiger partial charge in [0.25, 0.3) is 0 Å². The molecule has 0 spiro atoms. The molecule has 0 unspecified atom stereocenters. The Morgan fingerprint density at radius 2 is 1.00 bits per heavy atom. The SMILES string of the molecule is CCCCCCCCCCCCOCCOCCOCCCC(=O)O. The third kappa shape index (κ3) is 23.4. The monoisotopic (exact) mass is 360 g/mol. The summed E-state index contributed by atoms with van der Waals surface area (Å²) in [4.78, 5) is 10.3. The van der Waals surface area contributed by atoms with Gasteiger partial charge in [0.2, 0.25) is 0 Å². The lowest BCUT2D eigenvalue weighted by Gasteiger charge is -2.07. The summed E-state index contributed by atoms with van der Waals surface area (Å²) in [7, 11) is 0. The van der Waals surface area contributed by atoms with Crippen molar-refractivity contribution in [2.75, 3.05) is 39.6 Å². The van der Waals surface area contributed by atoms with Crippen LogP contribution in [-0.2, 0) is 19.0 Å². The van der Waals surface area contributed by atoms with Crippen LogP contribution in [0.15, 0.2) is 0 Å². The molecule has 0 aromatic rings. The first kappa shape index (κ1) is 24.4. The van der Waals surface area contributed by atoms with E-state index in [1.807, 2.05) is 0 Å². The van der Waals surface area contributed by atoms with E-state index in [4.69, 9.17) is 19.3 Å². The molecule has 1 N–H and O–H groups in total. The highest BCUT2D eigenvalue weighted by Crippen LogP contribution is 2.10. The van der Waals surface area contributed by atoms with Crippen molar-refractivity contribution in [3.05, 3.63) is 0 Å². The van der Waals surface area contributed by atoms with Crippen molar-refractivity contribution >= 4 is 5.97 Å².